The number of alkyl halides is 3. The van der Waals surface area contributed by atoms with Gasteiger partial charge in [0.15, 0.2) is 11.6 Å². The van der Waals surface area contributed by atoms with E-state index in [0.29, 0.717) is 5.75 Å². The minimum atomic E-state index is -4.33. The monoisotopic (exact) mass is 495 g/mol. The van der Waals surface area contributed by atoms with Crippen molar-refractivity contribution in [1.82, 2.24) is 10.6 Å². The number of nitrogens with one attached hydrogen (secondary N) is 2. The van der Waals surface area contributed by atoms with E-state index in [1.165, 1.54) is 12.1 Å². The second-order valence-corrected chi connectivity index (χ2v) is 8.24. The Labute approximate surface area is 208 Å². The van der Waals surface area contributed by atoms with E-state index >= 15 is 0 Å². The predicted octanol–water partition coefficient (Wildman–Crippen LogP) is 6.22. The van der Waals surface area contributed by atoms with Gasteiger partial charge in [-0.25, -0.2) is 0 Å². The average molecular weight is 496 g/mol. The van der Waals surface area contributed by atoms with Gasteiger partial charge in [0.1, 0.15) is 17.4 Å². The van der Waals surface area contributed by atoms with Crippen LogP contribution in [0.2, 0.25) is 0 Å². The first kappa shape index (κ1) is 25.3. The van der Waals surface area contributed by atoms with Gasteiger partial charge in [0, 0.05) is 18.4 Å². The molecular formula is C28H28F3N3O2. The van der Waals surface area contributed by atoms with Crippen LogP contribution in [0.5, 0.6) is 5.75 Å². The Balaban J connectivity index is 0.000000185. The molecule has 0 fully saturated rings. The van der Waals surface area contributed by atoms with Gasteiger partial charge >= 0.3 is 6.18 Å². The first-order valence-corrected chi connectivity index (χ1v) is 11.7. The largest absolute Gasteiger partial charge is 0.486 e. The average Bonchev–Trinajstić information content (AvgIpc) is 3.57. The molecule has 0 amide bonds. The van der Waals surface area contributed by atoms with Crippen molar-refractivity contribution in [2.24, 2.45) is 4.99 Å². The number of hydrogen-bond donors (Lipinski definition) is 2. The Bertz CT molecular complexity index is 1240. The Morgan fingerprint density at radius 3 is 2.36 bits per heavy atom. The number of aliphatic imine (C=N–C) groups is 1. The number of fused-ring (bicyclic) bond motifs is 1. The van der Waals surface area contributed by atoms with Crippen LogP contribution in [-0.4, -0.2) is 32.5 Å². The molecule has 0 bridgehead atoms. The topological polar surface area (TPSA) is 58.8 Å². The molecule has 1 aromatic heterocycles. The molecule has 188 valence electrons. The van der Waals surface area contributed by atoms with Crippen LogP contribution in [0.1, 0.15) is 29.4 Å². The molecule has 1 aliphatic heterocycles. The molecule has 1 aliphatic rings. The SMILES string of the molecule is CNCCC(Oc1ccc(C(F)(F)F)cc1)c1ccccc1.c1ccc2oc(C3=NCCN3)cc2c1. The van der Waals surface area contributed by atoms with Gasteiger partial charge in [0.25, 0.3) is 0 Å². The molecule has 2 heterocycles. The van der Waals surface area contributed by atoms with Gasteiger partial charge in [0.05, 0.1) is 12.1 Å². The van der Waals surface area contributed by atoms with E-state index in [9.17, 15) is 13.2 Å². The Morgan fingerprint density at radius 2 is 1.72 bits per heavy atom. The predicted molar refractivity (Wildman–Crippen MR) is 135 cm³/mol. The first-order chi connectivity index (χ1) is 17.4. The summed E-state index contributed by atoms with van der Waals surface area (Å²) in [4.78, 5) is 4.31. The molecule has 0 saturated carbocycles. The highest BCUT2D eigenvalue weighted by molar-refractivity contribution is 6.00. The fourth-order valence-electron chi connectivity index (χ4n) is 3.79. The van der Waals surface area contributed by atoms with Gasteiger partial charge in [-0.2, -0.15) is 13.2 Å². The van der Waals surface area contributed by atoms with Crippen LogP contribution in [-0.2, 0) is 6.18 Å². The molecule has 5 nitrogen and oxygen atoms in total. The fourth-order valence-corrected chi connectivity index (χ4v) is 3.79. The van der Waals surface area contributed by atoms with Crippen LogP contribution < -0.4 is 15.4 Å². The number of furan rings is 1. The normalized spacial score (nSPS) is 13.9. The lowest BCUT2D eigenvalue weighted by atomic mass is 10.1. The molecule has 1 unspecified atom stereocenters. The molecular weight excluding hydrogens is 467 g/mol. The summed E-state index contributed by atoms with van der Waals surface area (Å²) in [5.41, 5.74) is 1.24. The minimum Gasteiger partial charge on any atom is -0.486 e. The van der Waals surface area contributed by atoms with Crippen molar-refractivity contribution in [1.29, 1.82) is 0 Å². The third kappa shape index (κ3) is 6.66. The molecule has 36 heavy (non-hydrogen) atoms. The standard InChI is InChI=1S/C17H18F3NO.C11H10N2O/c1-21-12-11-16(13-5-3-2-4-6-13)22-15-9-7-14(8-10-15)17(18,19)20;1-2-4-9-8(3-1)7-10(14-9)11-12-5-6-13-11/h2-10,16,21H,11-12H2,1H3;1-4,7H,5-6H2,(H,12,13). The van der Waals surface area contributed by atoms with E-state index in [-0.39, 0.29) is 6.10 Å². The maximum atomic E-state index is 12.6. The molecule has 0 aliphatic carbocycles. The first-order valence-electron chi connectivity index (χ1n) is 11.7. The highest BCUT2D eigenvalue weighted by atomic mass is 19.4. The van der Waals surface area contributed by atoms with Crippen molar-refractivity contribution in [3.63, 3.8) is 0 Å². The maximum absolute atomic E-state index is 12.6. The number of rotatable bonds is 7. The quantitative estimate of drug-likeness (QED) is 0.320. The summed E-state index contributed by atoms with van der Waals surface area (Å²) in [6, 6.07) is 24.4. The molecule has 2 N–H and O–H groups in total. The molecule has 0 spiro atoms. The van der Waals surface area contributed by atoms with E-state index < -0.39 is 11.7 Å². The zero-order valence-electron chi connectivity index (χ0n) is 19.9. The molecule has 0 saturated heterocycles. The number of benzene rings is 3. The second-order valence-electron chi connectivity index (χ2n) is 8.24. The number of ether oxygens (including phenoxy) is 1. The highest BCUT2D eigenvalue weighted by Gasteiger charge is 2.30. The van der Waals surface area contributed by atoms with Crippen LogP contribution in [0, 0.1) is 0 Å². The Hall–Kier alpha value is -3.78. The van der Waals surface area contributed by atoms with Crippen molar-refractivity contribution in [2.45, 2.75) is 18.7 Å². The maximum Gasteiger partial charge on any atom is 0.416 e. The number of halogens is 3. The summed E-state index contributed by atoms with van der Waals surface area (Å²) >= 11 is 0. The minimum absolute atomic E-state index is 0.203. The summed E-state index contributed by atoms with van der Waals surface area (Å²) in [7, 11) is 1.85. The number of amidine groups is 1. The summed E-state index contributed by atoms with van der Waals surface area (Å²) in [6.07, 6.45) is -3.81. The van der Waals surface area contributed by atoms with E-state index in [4.69, 9.17) is 9.15 Å². The third-order valence-corrected chi connectivity index (χ3v) is 5.62. The number of para-hydroxylation sites is 1. The number of hydrogen-bond acceptors (Lipinski definition) is 5. The molecule has 8 heteroatoms. The second kappa shape index (κ2) is 11.8. The van der Waals surface area contributed by atoms with Crippen LogP contribution in [0.3, 0.4) is 0 Å². The lowest BCUT2D eigenvalue weighted by Gasteiger charge is -2.20. The van der Waals surface area contributed by atoms with Crippen molar-refractivity contribution >= 4 is 16.8 Å². The molecule has 3 aromatic carbocycles. The zero-order chi connectivity index (χ0) is 25.4. The van der Waals surface area contributed by atoms with Gasteiger partial charge in [-0.3, -0.25) is 4.99 Å². The van der Waals surface area contributed by atoms with E-state index in [2.05, 4.69) is 15.6 Å². The van der Waals surface area contributed by atoms with Gasteiger partial charge in [0.2, 0.25) is 0 Å². The van der Waals surface area contributed by atoms with Gasteiger partial charge < -0.3 is 19.8 Å². The molecule has 0 radical (unpaired) electrons. The van der Waals surface area contributed by atoms with E-state index in [1.54, 1.807) is 0 Å². The van der Waals surface area contributed by atoms with Gasteiger partial charge in [-0.05, 0) is 55.6 Å². The van der Waals surface area contributed by atoms with Crippen molar-refractivity contribution in [3.05, 3.63) is 102 Å². The van der Waals surface area contributed by atoms with E-state index in [0.717, 1.165) is 66.3 Å². The summed E-state index contributed by atoms with van der Waals surface area (Å²) in [5.74, 6) is 2.14. The molecule has 4 aromatic rings. The molecule has 5 rings (SSSR count). The Kier molecular flexibility index (Phi) is 8.28. The lowest BCUT2D eigenvalue weighted by molar-refractivity contribution is -0.137. The van der Waals surface area contributed by atoms with Crippen LogP contribution in [0.25, 0.3) is 11.0 Å². The summed E-state index contributed by atoms with van der Waals surface area (Å²) in [6.45, 7) is 2.50. The lowest BCUT2D eigenvalue weighted by Crippen LogP contribution is -2.18. The summed E-state index contributed by atoms with van der Waals surface area (Å²) in [5, 5.41) is 7.37. The Morgan fingerprint density at radius 1 is 1.00 bits per heavy atom. The van der Waals surface area contributed by atoms with Gasteiger partial charge in [-0.15, -0.1) is 0 Å². The van der Waals surface area contributed by atoms with Gasteiger partial charge in [-0.1, -0.05) is 48.5 Å². The molecule has 1 atom stereocenters. The van der Waals surface area contributed by atoms with E-state index in [1.807, 2.05) is 67.7 Å². The third-order valence-electron chi connectivity index (χ3n) is 5.62. The van der Waals surface area contributed by atoms with Crippen molar-refractivity contribution in [3.8, 4) is 5.75 Å². The van der Waals surface area contributed by atoms with Crippen molar-refractivity contribution in [2.75, 3.05) is 26.7 Å². The highest BCUT2D eigenvalue weighted by Crippen LogP contribution is 2.31. The number of nitrogens with zero attached hydrogens (tertiary/aromatic N) is 1. The summed E-state index contributed by atoms with van der Waals surface area (Å²) < 4.78 is 49.2. The van der Waals surface area contributed by atoms with Crippen LogP contribution in [0.4, 0.5) is 13.2 Å². The van der Waals surface area contributed by atoms with Crippen LogP contribution in [0.15, 0.2) is 94.3 Å². The smallest absolute Gasteiger partial charge is 0.416 e. The fraction of sp³-hybridized carbons (Fsp3) is 0.250. The van der Waals surface area contributed by atoms with Crippen LogP contribution >= 0.6 is 0 Å². The zero-order valence-corrected chi connectivity index (χ0v) is 19.9. The van der Waals surface area contributed by atoms with Crippen molar-refractivity contribution < 1.29 is 22.3 Å².